The lowest BCUT2D eigenvalue weighted by atomic mass is 9.93. The normalized spacial score (nSPS) is 14.6. The molecule has 1 aromatic carbocycles. The number of carbonyl (C=O) groups excluding carboxylic acids is 1. The smallest absolute Gasteiger partial charge is 0.330 e. The van der Waals surface area contributed by atoms with Crippen LogP contribution in [0.25, 0.3) is 0 Å². The third kappa shape index (κ3) is 1.89. The number of esters is 1. The van der Waals surface area contributed by atoms with Gasteiger partial charge in [0.25, 0.3) is 0 Å². The highest BCUT2D eigenvalue weighted by Crippen LogP contribution is 2.26. The highest BCUT2D eigenvalue weighted by Gasteiger charge is 2.33. The van der Waals surface area contributed by atoms with Crippen molar-refractivity contribution in [3.05, 3.63) is 34.9 Å². The molecule has 4 heteroatoms. The second-order valence-electron chi connectivity index (χ2n) is 3.17. The second-order valence-corrected chi connectivity index (χ2v) is 3.58. The molecule has 0 bridgehead atoms. The predicted octanol–water partition coefficient (Wildman–Crippen LogP) is 1.69. The molecule has 1 rings (SSSR count). The number of nitrogens with two attached hydrogens (primary N) is 1. The minimum absolute atomic E-state index is 0.461. The zero-order chi connectivity index (χ0) is 10.8. The van der Waals surface area contributed by atoms with Gasteiger partial charge in [-0.2, -0.15) is 0 Å². The molecule has 0 radical (unpaired) electrons. The molecule has 0 unspecified atom stereocenters. The Morgan fingerprint density at radius 3 is 2.57 bits per heavy atom. The average Bonchev–Trinajstić information content (AvgIpc) is 2.17. The molecular weight excluding hydrogens is 202 g/mol. The van der Waals surface area contributed by atoms with E-state index in [0.29, 0.717) is 10.6 Å². The van der Waals surface area contributed by atoms with Crippen molar-refractivity contribution in [2.75, 3.05) is 7.11 Å². The number of methoxy groups -OCH3 is 1. The maximum atomic E-state index is 11.4. The molecule has 0 aliphatic carbocycles. The second kappa shape index (κ2) is 3.98. The summed E-state index contributed by atoms with van der Waals surface area (Å²) in [5.41, 5.74) is 5.20. The third-order valence-electron chi connectivity index (χ3n) is 2.04. The lowest BCUT2D eigenvalue weighted by Crippen LogP contribution is -2.42. The molecule has 0 fully saturated rings. The van der Waals surface area contributed by atoms with E-state index in [1.165, 1.54) is 7.11 Å². The molecule has 0 heterocycles. The van der Waals surface area contributed by atoms with Crippen LogP contribution in [0.15, 0.2) is 24.3 Å². The van der Waals surface area contributed by atoms with Crippen LogP contribution in [0.2, 0.25) is 5.02 Å². The van der Waals surface area contributed by atoms with Crippen molar-refractivity contribution >= 4 is 17.6 Å². The maximum Gasteiger partial charge on any atom is 0.330 e. The summed E-state index contributed by atoms with van der Waals surface area (Å²) in [5.74, 6) is -0.509. The summed E-state index contributed by atoms with van der Waals surface area (Å²) >= 11 is 5.92. The molecule has 0 amide bonds. The van der Waals surface area contributed by atoms with Crippen molar-refractivity contribution in [3.8, 4) is 0 Å². The first-order valence-corrected chi connectivity index (χ1v) is 4.50. The molecule has 14 heavy (non-hydrogen) atoms. The first-order valence-electron chi connectivity index (χ1n) is 4.12. The molecule has 76 valence electrons. The Balaban J connectivity index is 3.16. The maximum absolute atomic E-state index is 11.4. The van der Waals surface area contributed by atoms with Crippen molar-refractivity contribution in [2.24, 2.45) is 5.73 Å². The number of hydrogen-bond acceptors (Lipinski definition) is 3. The third-order valence-corrected chi connectivity index (χ3v) is 2.37. The van der Waals surface area contributed by atoms with Gasteiger partial charge in [0.05, 0.1) is 7.11 Å². The summed E-state index contributed by atoms with van der Waals surface area (Å²) in [6.45, 7) is 1.57. The quantitative estimate of drug-likeness (QED) is 0.761. The van der Waals surface area contributed by atoms with Crippen LogP contribution in [-0.2, 0) is 15.1 Å². The van der Waals surface area contributed by atoms with E-state index < -0.39 is 11.5 Å². The molecule has 0 aromatic heterocycles. The summed E-state index contributed by atoms with van der Waals surface area (Å²) in [4.78, 5) is 11.4. The van der Waals surface area contributed by atoms with E-state index in [-0.39, 0.29) is 0 Å². The van der Waals surface area contributed by atoms with Gasteiger partial charge in [-0.1, -0.05) is 29.8 Å². The predicted molar refractivity (Wildman–Crippen MR) is 55.0 cm³/mol. The summed E-state index contributed by atoms with van der Waals surface area (Å²) in [6.07, 6.45) is 0. The Kier molecular flexibility index (Phi) is 3.13. The topological polar surface area (TPSA) is 52.3 Å². The first kappa shape index (κ1) is 11.0. The van der Waals surface area contributed by atoms with E-state index in [0.717, 1.165) is 0 Å². The van der Waals surface area contributed by atoms with Gasteiger partial charge in [0, 0.05) is 10.6 Å². The van der Waals surface area contributed by atoms with Crippen LogP contribution in [0.1, 0.15) is 12.5 Å². The van der Waals surface area contributed by atoms with E-state index in [9.17, 15) is 4.79 Å². The Bertz CT molecular complexity index is 350. The van der Waals surface area contributed by atoms with Crippen LogP contribution in [-0.4, -0.2) is 13.1 Å². The Labute approximate surface area is 87.8 Å². The van der Waals surface area contributed by atoms with Gasteiger partial charge in [0.15, 0.2) is 0 Å². The van der Waals surface area contributed by atoms with Gasteiger partial charge in [-0.25, -0.2) is 4.79 Å². The number of halogens is 1. The molecular formula is C10H12ClNO2. The average molecular weight is 214 g/mol. The standard InChI is InChI=1S/C10H12ClNO2/c1-10(12,9(13)14-2)7-5-3-4-6-8(7)11/h3-6H,12H2,1-2H3/t10-/m0/s1. The van der Waals surface area contributed by atoms with Crippen LogP contribution < -0.4 is 5.73 Å². The molecule has 0 aliphatic heterocycles. The fraction of sp³-hybridized carbons (Fsp3) is 0.300. The highest BCUT2D eigenvalue weighted by atomic mass is 35.5. The fourth-order valence-corrected chi connectivity index (χ4v) is 1.54. The minimum Gasteiger partial charge on any atom is -0.467 e. The van der Waals surface area contributed by atoms with Gasteiger partial charge in [-0.05, 0) is 13.0 Å². The van der Waals surface area contributed by atoms with Crippen LogP contribution in [0.3, 0.4) is 0 Å². The highest BCUT2D eigenvalue weighted by molar-refractivity contribution is 6.31. The van der Waals surface area contributed by atoms with Crippen molar-refractivity contribution in [2.45, 2.75) is 12.5 Å². The fourth-order valence-electron chi connectivity index (χ4n) is 1.20. The summed E-state index contributed by atoms with van der Waals surface area (Å²) < 4.78 is 4.60. The molecule has 1 aromatic rings. The van der Waals surface area contributed by atoms with Crippen molar-refractivity contribution in [3.63, 3.8) is 0 Å². The van der Waals surface area contributed by atoms with E-state index in [2.05, 4.69) is 4.74 Å². The Hall–Kier alpha value is -1.06. The van der Waals surface area contributed by atoms with Gasteiger partial charge in [-0.15, -0.1) is 0 Å². The summed E-state index contributed by atoms with van der Waals surface area (Å²) in [5, 5.41) is 0.461. The SMILES string of the molecule is COC(=O)[C@@](C)(N)c1ccccc1Cl. The van der Waals surface area contributed by atoms with E-state index >= 15 is 0 Å². The van der Waals surface area contributed by atoms with Gasteiger partial charge in [0.2, 0.25) is 0 Å². The molecule has 3 nitrogen and oxygen atoms in total. The molecule has 2 N–H and O–H groups in total. The number of ether oxygens (including phenoxy) is 1. The van der Waals surface area contributed by atoms with E-state index in [1.807, 2.05) is 0 Å². The molecule has 0 saturated carbocycles. The lowest BCUT2D eigenvalue weighted by molar-refractivity contribution is -0.146. The Morgan fingerprint density at radius 2 is 2.07 bits per heavy atom. The van der Waals surface area contributed by atoms with Crippen LogP contribution in [0.5, 0.6) is 0 Å². The van der Waals surface area contributed by atoms with Crippen LogP contribution in [0, 0.1) is 0 Å². The zero-order valence-electron chi connectivity index (χ0n) is 8.08. The zero-order valence-corrected chi connectivity index (χ0v) is 8.84. The Morgan fingerprint density at radius 1 is 1.50 bits per heavy atom. The van der Waals surface area contributed by atoms with Crippen LogP contribution in [0.4, 0.5) is 0 Å². The van der Waals surface area contributed by atoms with Gasteiger partial charge in [-0.3, -0.25) is 0 Å². The van der Waals surface area contributed by atoms with Crippen molar-refractivity contribution in [1.82, 2.24) is 0 Å². The van der Waals surface area contributed by atoms with Crippen molar-refractivity contribution < 1.29 is 9.53 Å². The van der Waals surface area contributed by atoms with E-state index in [1.54, 1.807) is 31.2 Å². The lowest BCUT2D eigenvalue weighted by Gasteiger charge is -2.22. The van der Waals surface area contributed by atoms with Crippen molar-refractivity contribution in [1.29, 1.82) is 0 Å². The minimum atomic E-state index is -1.20. The molecule has 0 aliphatic rings. The number of rotatable bonds is 2. The summed E-state index contributed by atoms with van der Waals surface area (Å²) in [6, 6.07) is 6.94. The number of carbonyl (C=O) groups is 1. The molecule has 1 atom stereocenters. The first-order chi connectivity index (χ1) is 6.50. The molecule has 0 spiro atoms. The van der Waals surface area contributed by atoms with E-state index in [4.69, 9.17) is 17.3 Å². The number of benzene rings is 1. The van der Waals surface area contributed by atoms with Gasteiger partial charge >= 0.3 is 5.97 Å². The number of hydrogen-bond donors (Lipinski definition) is 1. The van der Waals surface area contributed by atoms with Crippen LogP contribution >= 0.6 is 11.6 Å². The monoisotopic (exact) mass is 213 g/mol. The summed E-state index contributed by atoms with van der Waals surface area (Å²) in [7, 11) is 1.30. The van der Waals surface area contributed by atoms with Gasteiger partial charge in [0.1, 0.15) is 5.54 Å². The van der Waals surface area contributed by atoms with Gasteiger partial charge < -0.3 is 10.5 Å². The molecule has 0 saturated heterocycles. The largest absolute Gasteiger partial charge is 0.467 e.